The molecular formula is C19H20F2N6O2. The highest BCUT2D eigenvalue weighted by atomic mass is 19.3. The Morgan fingerprint density at radius 1 is 1.17 bits per heavy atom. The van der Waals surface area contributed by atoms with E-state index in [0.717, 1.165) is 0 Å². The van der Waals surface area contributed by atoms with Gasteiger partial charge in [0, 0.05) is 17.9 Å². The number of nitrogens with two attached hydrogens (primary N) is 1. The summed E-state index contributed by atoms with van der Waals surface area (Å²) in [6, 6.07) is 3.08. The van der Waals surface area contributed by atoms with Crippen LogP contribution in [0.1, 0.15) is 48.2 Å². The summed E-state index contributed by atoms with van der Waals surface area (Å²) in [6.07, 6.45) is 2.30. The van der Waals surface area contributed by atoms with Gasteiger partial charge in [-0.1, -0.05) is 0 Å². The molecule has 0 atom stereocenters. The number of nitrogen functional groups attached to an aromatic ring is 1. The molecule has 5 rings (SSSR count). The van der Waals surface area contributed by atoms with Crippen LogP contribution in [0.15, 0.2) is 23.3 Å². The summed E-state index contributed by atoms with van der Waals surface area (Å²) in [5.74, 6) is -2.40. The van der Waals surface area contributed by atoms with Gasteiger partial charge in [0.05, 0.1) is 0 Å². The van der Waals surface area contributed by atoms with Gasteiger partial charge in [0.25, 0.3) is 17.4 Å². The monoisotopic (exact) mass is 402 g/mol. The minimum atomic E-state index is -2.64. The van der Waals surface area contributed by atoms with Crippen LogP contribution in [0.3, 0.4) is 0 Å². The molecule has 1 amide bonds. The van der Waals surface area contributed by atoms with Crippen LogP contribution in [-0.4, -0.2) is 26.4 Å². The highest BCUT2D eigenvalue weighted by molar-refractivity contribution is 5.97. The second kappa shape index (κ2) is 5.52. The zero-order chi connectivity index (χ0) is 20.6. The molecule has 2 aromatic heterocycles. The number of amides is 1. The van der Waals surface area contributed by atoms with Crippen molar-refractivity contribution in [2.75, 3.05) is 11.1 Å². The van der Waals surface area contributed by atoms with E-state index in [1.54, 1.807) is 13.0 Å². The summed E-state index contributed by atoms with van der Waals surface area (Å²) >= 11 is 0. The zero-order valence-electron chi connectivity index (χ0n) is 15.8. The first-order valence-electron chi connectivity index (χ1n) is 9.49. The predicted molar refractivity (Wildman–Crippen MR) is 101 cm³/mol. The predicted octanol–water partition coefficient (Wildman–Crippen LogP) is 2.27. The fourth-order valence-corrected chi connectivity index (χ4v) is 4.84. The second-order valence-electron chi connectivity index (χ2n) is 8.33. The number of hydrogen-bond donors (Lipinski definition) is 3. The average Bonchev–Trinajstić information content (AvgIpc) is 3.05. The maximum Gasteiger partial charge on any atom is 0.276 e. The van der Waals surface area contributed by atoms with E-state index in [1.807, 2.05) is 0 Å². The van der Waals surface area contributed by atoms with Gasteiger partial charge in [-0.15, -0.1) is 0 Å². The number of anilines is 3. The molecule has 2 saturated carbocycles. The number of rotatable bonds is 2. The lowest BCUT2D eigenvalue weighted by Gasteiger charge is -2.39. The summed E-state index contributed by atoms with van der Waals surface area (Å²) in [6.45, 7) is 1.74. The molecule has 0 radical (unpaired) electrons. The van der Waals surface area contributed by atoms with Crippen LogP contribution in [0.4, 0.5) is 26.1 Å². The highest BCUT2D eigenvalue weighted by Gasteiger charge is 2.72. The van der Waals surface area contributed by atoms with Gasteiger partial charge in [-0.3, -0.25) is 14.2 Å². The van der Waals surface area contributed by atoms with Crippen LogP contribution in [0.2, 0.25) is 0 Å². The molecule has 29 heavy (non-hydrogen) atoms. The van der Waals surface area contributed by atoms with E-state index < -0.39 is 22.6 Å². The van der Waals surface area contributed by atoms with E-state index in [2.05, 4.69) is 20.6 Å². The first kappa shape index (κ1) is 18.0. The standard InChI is InChI=1S/C19H20F2N6O2/c1-10-6-11(25-13-7-12(22)23-9-24-13)16(29)27-14(10)15(28)26-18(27)4-2-17(3-5-18)8-19(17,20)21/h6-7,9H,2-5,8H2,1H3,(H,26,28)(H3,22,23,24,25). The van der Waals surface area contributed by atoms with Crippen LogP contribution in [0.25, 0.3) is 0 Å². The molecule has 4 N–H and O–H groups in total. The number of alkyl halides is 2. The molecule has 3 heterocycles. The van der Waals surface area contributed by atoms with Crippen LogP contribution >= 0.6 is 0 Å². The average molecular weight is 402 g/mol. The number of pyridine rings is 1. The molecule has 0 bridgehead atoms. The molecule has 0 unspecified atom stereocenters. The third kappa shape index (κ3) is 2.47. The third-order valence-corrected chi connectivity index (χ3v) is 6.58. The van der Waals surface area contributed by atoms with Gasteiger partial charge in [-0.25, -0.2) is 18.7 Å². The van der Waals surface area contributed by atoms with Crippen molar-refractivity contribution >= 4 is 23.2 Å². The van der Waals surface area contributed by atoms with Crippen molar-refractivity contribution in [2.45, 2.75) is 50.6 Å². The number of fused-ring (bicyclic) bond motifs is 2. The van der Waals surface area contributed by atoms with Crippen molar-refractivity contribution < 1.29 is 13.6 Å². The van der Waals surface area contributed by atoms with Crippen LogP contribution < -0.4 is 21.9 Å². The van der Waals surface area contributed by atoms with Crippen molar-refractivity contribution in [3.05, 3.63) is 40.1 Å². The molecule has 2 spiro atoms. The summed E-state index contributed by atoms with van der Waals surface area (Å²) < 4.78 is 29.1. The fraction of sp³-hybridized carbons (Fsp3) is 0.474. The fourth-order valence-electron chi connectivity index (χ4n) is 4.84. The first-order chi connectivity index (χ1) is 13.7. The summed E-state index contributed by atoms with van der Waals surface area (Å²) in [5.41, 5.74) is 4.44. The molecule has 3 aliphatic rings. The number of nitrogens with zero attached hydrogens (tertiary/aromatic N) is 3. The van der Waals surface area contributed by atoms with Crippen molar-refractivity contribution in [1.29, 1.82) is 0 Å². The Kier molecular flexibility index (Phi) is 3.43. The minimum absolute atomic E-state index is 0.110. The number of nitrogens with one attached hydrogen (secondary N) is 2. The van der Waals surface area contributed by atoms with E-state index in [-0.39, 0.29) is 42.4 Å². The van der Waals surface area contributed by atoms with Gasteiger partial charge >= 0.3 is 0 Å². The van der Waals surface area contributed by atoms with Crippen molar-refractivity contribution in [2.24, 2.45) is 5.41 Å². The van der Waals surface area contributed by atoms with E-state index >= 15 is 0 Å². The van der Waals surface area contributed by atoms with Crippen molar-refractivity contribution in [3.8, 4) is 0 Å². The lowest BCUT2D eigenvalue weighted by molar-refractivity contribution is 0.0199. The topological polar surface area (TPSA) is 115 Å². The molecule has 2 aliphatic carbocycles. The molecule has 2 fully saturated rings. The van der Waals surface area contributed by atoms with Gasteiger partial charge in [0.1, 0.15) is 35.0 Å². The van der Waals surface area contributed by atoms with E-state index in [1.165, 1.54) is 17.0 Å². The van der Waals surface area contributed by atoms with Gasteiger partial charge in [-0.2, -0.15) is 0 Å². The number of halogens is 2. The molecular weight excluding hydrogens is 382 g/mol. The number of aryl methyl sites for hydroxylation is 1. The lowest BCUT2D eigenvalue weighted by atomic mass is 9.79. The Labute approximate surface area is 164 Å². The lowest BCUT2D eigenvalue weighted by Crippen LogP contribution is -2.50. The molecule has 10 heteroatoms. The van der Waals surface area contributed by atoms with Gasteiger partial charge in [0.2, 0.25) is 0 Å². The minimum Gasteiger partial charge on any atom is -0.384 e. The van der Waals surface area contributed by atoms with Gasteiger partial charge in [-0.05, 0) is 44.2 Å². The van der Waals surface area contributed by atoms with E-state index in [0.29, 0.717) is 24.2 Å². The number of carbonyl (C=O) groups is 1. The Morgan fingerprint density at radius 3 is 2.48 bits per heavy atom. The normalized spacial score (nSPS) is 29.0. The molecule has 0 saturated heterocycles. The summed E-state index contributed by atoms with van der Waals surface area (Å²) in [7, 11) is 0. The van der Waals surface area contributed by atoms with Crippen LogP contribution in [0, 0.1) is 12.3 Å². The molecule has 1 aliphatic heterocycles. The molecule has 2 aromatic rings. The highest BCUT2D eigenvalue weighted by Crippen LogP contribution is 2.68. The Balaban J connectivity index is 1.55. The van der Waals surface area contributed by atoms with Crippen molar-refractivity contribution in [3.63, 3.8) is 0 Å². The molecule has 152 valence electrons. The van der Waals surface area contributed by atoms with Crippen LogP contribution in [-0.2, 0) is 5.66 Å². The van der Waals surface area contributed by atoms with Crippen molar-refractivity contribution in [1.82, 2.24) is 19.9 Å². The van der Waals surface area contributed by atoms with Gasteiger partial charge in [0.15, 0.2) is 0 Å². The van der Waals surface area contributed by atoms with Crippen LogP contribution in [0.5, 0.6) is 0 Å². The van der Waals surface area contributed by atoms with Gasteiger partial charge < -0.3 is 16.4 Å². The number of hydrogen-bond acceptors (Lipinski definition) is 6. The summed E-state index contributed by atoms with van der Waals surface area (Å²) in [4.78, 5) is 33.8. The second-order valence-corrected chi connectivity index (χ2v) is 8.33. The first-order valence-corrected chi connectivity index (χ1v) is 9.49. The largest absolute Gasteiger partial charge is 0.384 e. The maximum absolute atomic E-state index is 13.8. The SMILES string of the molecule is Cc1cc(Nc2cc(N)ncn2)c(=O)n2c1C(=O)NC21CCC2(CC1)CC2(F)F. The quantitative estimate of drug-likeness (QED) is 0.710. The van der Waals surface area contributed by atoms with E-state index in [4.69, 9.17) is 5.73 Å². The zero-order valence-corrected chi connectivity index (χ0v) is 15.8. The third-order valence-electron chi connectivity index (χ3n) is 6.58. The number of carbonyl (C=O) groups excluding carboxylic acids is 1. The summed E-state index contributed by atoms with van der Waals surface area (Å²) in [5, 5.41) is 5.85. The smallest absolute Gasteiger partial charge is 0.276 e. The maximum atomic E-state index is 13.8. The van der Waals surface area contributed by atoms with E-state index in [9.17, 15) is 18.4 Å². The molecule has 8 nitrogen and oxygen atoms in total. The Bertz CT molecular complexity index is 1100. The Hall–Kier alpha value is -3.04. The molecule has 0 aromatic carbocycles. The Morgan fingerprint density at radius 2 is 1.86 bits per heavy atom. The number of aromatic nitrogens is 3.